The van der Waals surface area contributed by atoms with E-state index in [4.69, 9.17) is 9.73 Å². The van der Waals surface area contributed by atoms with E-state index in [9.17, 15) is 4.79 Å². The summed E-state index contributed by atoms with van der Waals surface area (Å²) in [4.78, 5) is 19.4. The van der Waals surface area contributed by atoms with E-state index < -0.39 is 0 Å². The van der Waals surface area contributed by atoms with Gasteiger partial charge in [-0.15, -0.1) is 0 Å². The van der Waals surface area contributed by atoms with Gasteiger partial charge < -0.3 is 15.0 Å². The molecule has 1 N–H and O–H groups in total. The minimum atomic E-state index is -0.346. The van der Waals surface area contributed by atoms with Crippen LogP contribution in [-0.2, 0) is 9.53 Å². The molecule has 1 aromatic carbocycles. The predicted octanol–water partition coefficient (Wildman–Crippen LogP) is 3.98. The van der Waals surface area contributed by atoms with Crippen LogP contribution in [0.3, 0.4) is 0 Å². The van der Waals surface area contributed by atoms with Crippen LogP contribution < -0.4 is 10.2 Å². The van der Waals surface area contributed by atoms with Gasteiger partial charge in [0, 0.05) is 31.2 Å². The van der Waals surface area contributed by atoms with E-state index in [-0.39, 0.29) is 12.0 Å². The Kier molecular flexibility index (Phi) is 7.14. The summed E-state index contributed by atoms with van der Waals surface area (Å²) >= 11 is 1.69. The number of esters is 1. The van der Waals surface area contributed by atoms with Gasteiger partial charge in [0.25, 0.3) is 0 Å². The lowest BCUT2D eigenvalue weighted by Gasteiger charge is -2.26. The third kappa shape index (κ3) is 5.04. The molecule has 0 amide bonds. The summed E-state index contributed by atoms with van der Waals surface area (Å²) in [6.07, 6.45) is 0. The summed E-state index contributed by atoms with van der Waals surface area (Å²) in [6, 6.07) is 7.82. The van der Waals surface area contributed by atoms with E-state index in [1.807, 2.05) is 57.1 Å². The molecule has 26 heavy (non-hydrogen) atoms. The molecule has 1 atom stereocenters. The maximum absolute atomic E-state index is 12.5. The fourth-order valence-electron chi connectivity index (χ4n) is 2.64. The molecule has 1 heterocycles. The van der Waals surface area contributed by atoms with Crippen LogP contribution >= 0.6 is 11.8 Å². The average Bonchev–Trinajstić information content (AvgIpc) is 2.59. The number of aliphatic imine (C=N–C) groups is 1. The molecule has 0 saturated heterocycles. The normalized spacial score (nSPS) is 17.0. The van der Waals surface area contributed by atoms with Crippen molar-refractivity contribution < 1.29 is 9.53 Å². The first-order valence-corrected chi connectivity index (χ1v) is 9.94. The molecule has 2 rings (SSSR count). The Hall–Kier alpha value is -1.95. The SMILES string of the molecule is CCOC(=O)C1=C(C)NC(SCC(C)C)=N[C@@H]1c1ccc(N(C)C)cc1. The molecule has 5 nitrogen and oxygen atoms in total. The maximum Gasteiger partial charge on any atom is 0.338 e. The molecule has 0 spiro atoms. The van der Waals surface area contributed by atoms with Crippen molar-refractivity contribution in [2.45, 2.75) is 33.7 Å². The Balaban J connectivity index is 2.38. The average molecular weight is 376 g/mol. The zero-order valence-electron chi connectivity index (χ0n) is 16.5. The standard InChI is InChI=1S/C20H29N3O2S/c1-7-25-19(24)17-14(4)21-20(26-12-13(2)3)22-18(17)15-8-10-16(11-9-15)23(5)6/h8-11,13,18H,7,12H2,1-6H3,(H,21,22)/t18-/m1/s1. The molecule has 1 aliphatic heterocycles. The summed E-state index contributed by atoms with van der Waals surface area (Å²) in [6.45, 7) is 8.44. The quantitative estimate of drug-likeness (QED) is 0.762. The molecule has 0 fully saturated rings. The minimum absolute atomic E-state index is 0.309. The predicted molar refractivity (Wildman–Crippen MR) is 111 cm³/mol. The Labute approximate surface area is 160 Å². The number of hydrogen-bond acceptors (Lipinski definition) is 6. The van der Waals surface area contributed by atoms with Gasteiger partial charge in [0.05, 0.1) is 12.2 Å². The van der Waals surface area contributed by atoms with E-state index in [0.29, 0.717) is 18.1 Å². The summed E-state index contributed by atoms with van der Waals surface area (Å²) in [5.41, 5.74) is 3.49. The molecule has 0 aromatic heterocycles. The van der Waals surface area contributed by atoms with Crippen molar-refractivity contribution in [3.05, 3.63) is 41.1 Å². The highest BCUT2D eigenvalue weighted by Crippen LogP contribution is 2.34. The number of rotatable bonds is 6. The second-order valence-electron chi connectivity index (χ2n) is 6.91. The largest absolute Gasteiger partial charge is 0.463 e. The van der Waals surface area contributed by atoms with Gasteiger partial charge in [0.2, 0.25) is 0 Å². The van der Waals surface area contributed by atoms with E-state index in [2.05, 4.69) is 19.2 Å². The van der Waals surface area contributed by atoms with Crippen LogP contribution in [0.15, 0.2) is 40.5 Å². The Morgan fingerprint density at radius 3 is 2.50 bits per heavy atom. The van der Waals surface area contributed by atoms with Crippen molar-refractivity contribution in [1.29, 1.82) is 0 Å². The number of nitrogens with zero attached hydrogens (tertiary/aromatic N) is 2. The van der Waals surface area contributed by atoms with Crippen molar-refractivity contribution in [3.8, 4) is 0 Å². The molecule has 0 saturated carbocycles. The zero-order valence-corrected chi connectivity index (χ0v) is 17.3. The fourth-order valence-corrected chi connectivity index (χ4v) is 3.53. The lowest BCUT2D eigenvalue weighted by atomic mass is 9.96. The van der Waals surface area contributed by atoms with Crippen molar-refractivity contribution in [2.24, 2.45) is 10.9 Å². The third-order valence-corrected chi connectivity index (χ3v) is 5.31. The highest BCUT2D eigenvalue weighted by Gasteiger charge is 2.30. The number of thioether (sulfide) groups is 1. The molecule has 1 aromatic rings. The number of amidine groups is 1. The Morgan fingerprint density at radius 1 is 1.31 bits per heavy atom. The van der Waals surface area contributed by atoms with Gasteiger partial charge in [-0.3, -0.25) is 0 Å². The van der Waals surface area contributed by atoms with Crippen LogP contribution in [0.5, 0.6) is 0 Å². The number of nitrogens with one attached hydrogen (secondary N) is 1. The summed E-state index contributed by atoms with van der Waals surface area (Å²) in [7, 11) is 4.01. The summed E-state index contributed by atoms with van der Waals surface area (Å²) in [5, 5.41) is 4.13. The van der Waals surface area contributed by atoms with Crippen molar-refractivity contribution >= 4 is 28.6 Å². The Morgan fingerprint density at radius 2 is 1.96 bits per heavy atom. The van der Waals surface area contributed by atoms with Gasteiger partial charge in [-0.1, -0.05) is 37.7 Å². The summed E-state index contributed by atoms with van der Waals surface area (Å²) in [5.74, 6) is 1.23. The van der Waals surface area contributed by atoms with Crippen molar-refractivity contribution in [2.75, 3.05) is 31.4 Å². The lowest BCUT2D eigenvalue weighted by molar-refractivity contribution is -0.138. The van der Waals surface area contributed by atoms with E-state index in [1.54, 1.807) is 11.8 Å². The minimum Gasteiger partial charge on any atom is -0.463 e. The number of allylic oxidation sites excluding steroid dienone is 1. The molecule has 0 aliphatic carbocycles. The number of carbonyl (C=O) groups excluding carboxylic acids is 1. The van der Waals surface area contributed by atoms with Crippen LogP contribution in [0.1, 0.15) is 39.3 Å². The second-order valence-corrected chi connectivity index (χ2v) is 7.92. The molecular weight excluding hydrogens is 346 g/mol. The smallest absolute Gasteiger partial charge is 0.338 e. The number of anilines is 1. The number of ether oxygens (including phenoxy) is 1. The van der Waals surface area contributed by atoms with Crippen LogP contribution in [0, 0.1) is 5.92 Å². The third-order valence-electron chi connectivity index (χ3n) is 3.99. The highest BCUT2D eigenvalue weighted by molar-refractivity contribution is 8.13. The lowest BCUT2D eigenvalue weighted by Crippen LogP contribution is -2.31. The van der Waals surface area contributed by atoms with Crippen molar-refractivity contribution in [1.82, 2.24) is 5.32 Å². The number of hydrogen-bond donors (Lipinski definition) is 1. The number of benzene rings is 1. The molecule has 0 radical (unpaired) electrons. The van der Waals surface area contributed by atoms with Crippen LogP contribution in [-0.4, -0.2) is 37.6 Å². The topological polar surface area (TPSA) is 53.9 Å². The van der Waals surface area contributed by atoms with Crippen molar-refractivity contribution in [3.63, 3.8) is 0 Å². The van der Waals surface area contributed by atoms with Gasteiger partial charge >= 0.3 is 5.97 Å². The van der Waals surface area contributed by atoms with Gasteiger partial charge in [-0.25, -0.2) is 9.79 Å². The first kappa shape index (κ1) is 20.4. The van der Waals surface area contributed by atoms with Gasteiger partial charge in [-0.05, 0) is 37.5 Å². The molecule has 1 aliphatic rings. The summed E-state index contributed by atoms with van der Waals surface area (Å²) < 4.78 is 5.28. The van der Waals surface area contributed by atoms with Crippen LogP contribution in [0.4, 0.5) is 5.69 Å². The number of carbonyl (C=O) groups is 1. The Bertz CT molecular complexity index is 694. The first-order chi connectivity index (χ1) is 12.3. The highest BCUT2D eigenvalue weighted by atomic mass is 32.2. The molecule has 0 unspecified atom stereocenters. The molecular formula is C20H29N3O2S. The molecule has 6 heteroatoms. The zero-order chi connectivity index (χ0) is 19.3. The van der Waals surface area contributed by atoms with Crippen LogP contribution in [0.2, 0.25) is 0 Å². The van der Waals surface area contributed by atoms with Gasteiger partial charge in [-0.2, -0.15) is 0 Å². The maximum atomic E-state index is 12.5. The molecule has 0 bridgehead atoms. The van der Waals surface area contributed by atoms with Gasteiger partial charge in [0.1, 0.15) is 6.04 Å². The fraction of sp³-hybridized carbons (Fsp3) is 0.500. The monoisotopic (exact) mass is 375 g/mol. The first-order valence-electron chi connectivity index (χ1n) is 8.96. The van der Waals surface area contributed by atoms with E-state index in [1.165, 1.54) is 0 Å². The van der Waals surface area contributed by atoms with E-state index >= 15 is 0 Å². The van der Waals surface area contributed by atoms with E-state index in [0.717, 1.165) is 27.9 Å². The van der Waals surface area contributed by atoms with Crippen LogP contribution in [0.25, 0.3) is 0 Å². The molecule has 142 valence electrons. The van der Waals surface area contributed by atoms with Gasteiger partial charge in [0.15, 0.2) is 5.17 Å². The second kappa shape index (κ2) is 9.12.